The average Bonchev–Trinajstić information content (AvgIpc) is 2.72. The zero-order valence-corrected chi connectivity index (χ0v) is 14.3. The lowest BCUT2D eigenvalue weighted by molar-refractivity contribution is 0.0946. The number of aromatic nitrogens is 1. The number of carbonyl (C=O) groups excluding carboxylic acids is 1. The molecule has 1 N–H and O–H groups in total. The molecule has 1 heterocycles. The van der Waals surface area contributed by atoms with Crippen LogP contribution in [0.15, 0.2) is 66.9 Å². The molecule has 0 saturated heterocycles. The fourth-order valence-electron chi connectivity index (χ4n) is 2.56. The van der Waals surface area contributed by atoms with E-state index in [0.717, 1.165) is 16.7 Å². The first-order valence-electron chi connectivity index (χ1n) is 8.08. The average molecular weight is 343 g/mol. The smallest absolute Gasteiger partial charge is 0.270 e. The number of nitriles is 1. The molecule has 5 nitrogen and oxygen atoms in total. The second-order valence-corrected chi connectivity index (χ2v) is 5.63. The Bertz CT molecular complexity index is 945. The minimum atomic E-state index is -0.229. The monoisotopic (exact) mass is 343 g/mol. The third-order valence-electron chi connectivity index (χ3n) is 3.93. The maximum Gasteiger partial charge on any atom is 0.270 e. The maximum atomic E-state index is 12.2. The summed E-state index contributed by atoms with van der Waals surface area (Å²) in [5, 5.41) is 11.8. The molecule has 0 spiro atoms. The quantitative estimate of drug-likeness (QED) is 0.768. The van der Waals surface area contributed by atoms with Crippen LogP contribution in [0.4, 0.5) is 0 Å². The van der Waals surface area contributed by atoms with E-state index in [1.54, 1.807) is 31.5 Å². The molecule has 5 heteroatoms. The van der Waals surface area contributed by atoms with Crippen LogP contribution in [0, 0.1) is 11.3 Å². The van der Waals surface area contributed by atoms with E-state index in [1.165, 1.54) is 0 Å². The Morgan fingerprint density at radius 2 is 1.96 bits per heavy atom. The molecule has 0 aliphatic heterocycles. The molecule has 3 aromatic rings. The van der Waals surface area contributed by atoms with E-state index in [0.29, 0.717) is 23.6 Å². The van der Waals surface area contributed by atoms with Crippen LogP contribution in [0.5, 0.6) is 5.75 Å². The van der Waals surface area contributed by atoms with E-state index >= 15 is 0 Å². The molecular formula is C21H17N3O2. The van der Waals surface area contributed by atoms with Crippen molar-refractivity contribution in [3.05, 3.63) is 83.7 Å². The summed E-state index contributed by atoms with van der Waals surface area (Å²) in [5.41, 5.74) is 3.52. The summed E-state index contributed by atoms with van der Waals surface area (Å²) in [6.07, 6.45) is 1.63. The standard InChI is InChI=1S/C21H17N3O2/c1-26-20-11-16(12-22)7-9-18(20)17-8-10-19(23-14-17)21(25)24-13-15-5-3-2-4-6-15/h2-11,14H,13H2,1H3,(H,24,25). The lowest BCUT2D eigenvalue weighted by atomic mass is 10.0. The van der Waals surface area contributed by atoms with Gasteiger partial charge >= 0.3 is 0 Å². The minimum absolute atomic E-state index is 0.229. The van der Waals surface area contributed by atoms with Crippen LogP contribution in [0.3, 0.4) is 0 Å². The highest BCUT2D eigenvalue weighted by Gasteiger charge is 2.10. The molecule has 0 saturated carbocycles. The molecule has 0 aliphatic carbocycles. The lowest BCUT2D eigenvalue weighted by Gasteiger charge is -2.09. The highest BCUT2D eigenvalue weighted by atomic mass is 16.5. The Balaban J connectivity index is 1.74. The molecule has 2 aromatic carbocycles. The summed E-state index contributed by atoms with van der Waals surface area (Å²) in [6, 6.07) is 20.5. The lowest BCUT2D eigenvalue weighted by Crippen LogP contribution is -2.23. The van der Waals surface area contributed by atoms with Crippen LogP contribution < -0.4 is 10.1 Å². The van der Waals surface area contributed by atoms with Crippen LogP contribution in [-0.4, -0.2) is 18.0 Å². The molecule has 3 rings (SSSR count). The van der Waals surface area contributed by atoms with Crippen molar-refractivity contribution in [1.29, 1.82) is 5.26 Å². The van der Waals surface area contributed by atoms with Gasteiger partial charge in [-0.2, -0.15) is 5.26 Å². The van der Waals surface area contributed by atoms with Crippen molar-refractivity contribution < 1.29 is 9.53 Å². The SMILES string of the molecule is COc1cc(C#N)ccc1-c1ccc(C(=O)NCc2ccccc2)nc1. The molecular weight excluding hydrogens is 326 g/mol. The van der Waals surface area contributed by atoms with E-state index in [-0.39, 0.29) is 5.91 Å². The van der Waals surface area contributed by atoms with E-state index in [1.807, 2.05) is 42.5 Å². The third-order valence-corrected chi connectivity index (χ3v) is 3.93. The van der Waals surface area contributed by atoms with E-state index in [2.05, 4.69) is 16.4 Å². The number of ether oxygens (including phenoxy) is 1. The summed E-state index contributed by atoms with van der Waals surface area (Å²) >= 11 is 0. The zero-order valence-electron chi connectivity index (χ0n) is 14.3. The summed E-state index contributed by atoms with van der Waals surface area (Å²) in [6.45, 7) is 0.451. The Morgan fingerprint density at radius 1 is 1.15 bits per heavy atom. The summed E-state index contributed by atoms with van der Waals surface area (Å²) in [5.74, 6) is 0.360. The molecule has 128 valence electrons. The van der Waals surface area contributed by atoms with Crippen LogP contribution in [0.2, 0.25) is 0 Å². The number of pyridine rings is 1. The van der Waals surface area contributed by atoms with Crippen molar-refractivity contribution in [2.75, 3.05) is 7.11 Å². The van der Waals surface area contributed by atoms with Gasteiger partial charge in [-0.3, -0.25) is 9.78 Å². The van der Waals surface area contributed by atoms with Gasteiger partial charge in [0.1, 0.15) is 11.4 Å². The summed E-state index contributed by atoms with van der Waals surface area (Å²) in [7, 11) is 1.55. The fraction of sp³-hybridized carbons (Fsp3) is 0.0952. The summed E-state index contributed by atoms with van der Waals surface area (Å²) < 4.78 is 5.35. The van der Waals surface area contributed by atoms with Gasteiger partial charge in [-0.15, -0.1) is 0 Å². The van der Waals surface area contributed by atoms with E-state index in [4.69, 9.17) is 10.00 Å². The van der Waals surface area contributed by atoms with E-state index < -0.39 is 0 Å². The molecule has 0 aliphatic rings. The van der Waals surface area contributed by atoms with Crippen molar-refractivity contribution in [1.82, 2.24) is 10.3 Å². The normalized spacial score (nSPS) is 10.0. The highest BCUT2D eigenvalue weighted by molar-refractivity contribution is 5.92. The van der Waals surface area contributed by atoms with Crippen LogP contribution in [0.1, 0.15) is 21.6 Å². The number of hydrogen-bond donors (Lipinski definition) is 1. The van der Waals surface area contributed by atoms with Crippen molar-refractivity contribution in [3.8, 4) is 22.9 Å². The van der Waals surface area contributed by atoms with Crippen LogP contribution in [-0.2, 0) is 6.54 Å². The molecule has 0 bridgehead atoms. The second kappa shape index (κ2) is 7.95. The number of rotatable bonds is 5. The minimum Gasteiger partial charge on any atom is -0.496 e. The van der Waals surface area contributed by atoms with Crippen molar-refractivity contribution in [2.45, 2.75) is 6.54 Å². The number of nitrogens with zero attached hydrogens (tertiary/aromatic N) is 2. The molecule has 0 radical (unpaired) electrons. The Morgan fingerprint density at radius 3 is 2.62 bits per heavy atom. The van der Waals surface area contributed by atoms with Gasteiger partial charge in [0.05, 0.1) is 18.7 Å². The number of hydrogen-bond acceptors (Lipinski definition) is 4. The van der Waals surface area contributed by atoms with Crippen LogP contribution >= 0.6 is 0 Å². The van der Waals surface area contributed by atoms with Crippen LogP contribution in [0.25, 0.3) is 11.1 Å². The molecule has 0 atom stereocenters. The Kier molecular flexibility index (Phi) is 5.25. The van der Waals surface area contributed by atoms with Gasteiger partial charge in [-0.05, 0) is 29.8 Å². The molecule has 1 aromatic heterocycles. The second-order valence-electron chi connectivity index (χ2n) is 5.63. The number of nitrogens with one attached hydrogen (secondary N) is 1. The summed E-state index contributed by atoms with van der Waals surface area (Å²) in [4.78, 5) is 16.5. The molecule has 26 heavy (non-hydrogen) atoms. The van der Waals surface area contributed by atoms with Crippen molar-refractivity contribution in [3.63, 3.8) is 0 Å². The predicted octanol–water partition coefficient (Wildman–Crippen LogP) is 3.56. The first-order chi connectivity index (χ1) is 12.7. The van der Waals surface area contributed by atoms with Gasteiger partial charge in [0, 0.05) is 23.9 Å². The fourth-order valence-corrected chi connectivity index (χ4v) is 2.56. The number of benzene rings is 2. The highest BCUT2D eigenvalue weighted by Crippen LogP contribution is 2.30. The van der Waals surface area contributed by atoms with Crippen molar-refractivity contribution in [2.24, 2.45) is 0 Å². The number of carbonyl (C=O) groups is 1. The Labute approximate surface area is 151 Å². The predicted molar refractivity (Wildman–Crippen MR) is 98.6 cm³/mol. The first-order valence-corrected chi connectivity index (χ1v) is 8.08. The van der Waals surface area contributed by atoms with Gasteiger partial charge < -0.3 is 10.1 Å². The first kappa shape index (κ1) is 17.2. The van der Waals surface area contributed by atoms with Gasteiger partial charge in [0.2, 0.25) is 0 Å². The topological polar surface area (TPSA) is 75.0 Å². The van der Waals surface area contributed by atoms with Crippen molar-refractivity contribution >= 4 is 5.91 Å². The zero-order chi connectivity index (χ0) is 18.4. The molecule has 1 amide bonds. The maximum absolute atomic E-state index is 12.2. The number of methoxy groups -OCH3 is 1. The van der Waals surface area contributed by atoms with Gasteiger partial charge in [-0.1, -0.05) is 36.4 Å². The number of amides is 1. The largest absolute Gasteiger partial charge is 0.496 e. The molecule has 0 unspecified atom stereocenters. The Hall–Kier alpha value is -3.65. The van der Waals surface area contributed by atoms with Gasteiger partial charge in [0.15, 0.2) is 0 Å². The van der Waals surface area contributed by atoms with Gasteiger partial charge in [-0.25, -0.2) is 0 Å². The third kappa shape index (κ3) is 3.87. The molecule has 0 fully saturated rings. The van der Waals surface area contributed by atoms with E-state index in [9.17, 15) is 4.79 Å². The van der Waals surface area contributed by atoms with Gasteiger partial charge in [0.25, 0.3) is 5.91 Å².